The topological polar surface area (TPSA) is 53.1 Å². The van der Waals surface area contributed by atoms with Crippen molar-refractivity contribution in [1.29, 1.82) is 5.41 Å². The molecule has 3 rings (SSSR count). The second-order valence-electron chi connectivity index (χ2n) is 7.11. The number of nitrogens with two attached hydrogens (primary N) is 1. The van der Waals surface area contributed by atoms with E-state index in [0.717, 1.165) is 18.9 Å². The van der Waals surface area contributed by atoms with Crippen LogP contribution in [0.5, 0.6) is 0 Å². The number of piperidine rings is 1. The Hall–Kier alpha value is -1.35. The Morgan fingerprint density at radius 3 is 2.43 bits per heavy atom. The first kappa shape index (κ1) is 14.6. The Balaban J connectivity index is 1.44. The summed E-state index contributed by atoms with van der Waals surface area (Å²) < 4.78 is 0. The minimum Gasteiger partial charge on any atom is -0.388 e. The number of nitrogens with one attached hydrogen (secondary N) is 1. The molecule has 1 aromatic carbocycles. The van der Waals surface area contributed by atoms with E-state index in [-0.39, 0.29) is 0 Å². The molecule has 3 nitrogen and oxygen atoms in total. The molecular weight excluding hydrogens is 258 g/mol. The summed E-state index contributed by atoms with van der Waals surface area (Å²) in [6.07, 6.45) is 7.17. The molecule has 21 heavy (non-hydrogen) atoms. The number of rotatable bonds is 6. The first-order valence-electron chi connectivity index (χ1n) is 8.24. The van der Waals surface area contributed by atoms with E-state index in [0.29, 0.717) is 11.3 Å². The molecule has 3 N–H and O–H groups in total. The zero-order chi connectivity index (χ0) is 14.7. The summed E-state index contributed by atoms with van der Waals surface area (Å²) in [7, 11) is 0. The second-order valence-corrected chi connectivity index (χ2v) is 7.11. The van der Waals surface area contributed by atoms with Crippen LogP contribution in [0.15, 0.2) is 30.3 Å². The Kier molecular flexibility index (Phi) is 4.29. The molecule has 3 heteroatoms. The van der Waals surface area contributed by atoms with Gasteiger partial charge in [0.1, 0.15) is 0 Å². The summed E-state index contributed by atoms with van der Waals surface area (Å²) in [5.41, 5.74) is 7.43. The molecule has 0 radical (unpaired) electrons. The molecule has 114 valence electrons. The van der Waals surface area contributed by atoms with E-state index in [4.69, 9.17) is 11.1 Å². The number of amidine groups is 1. The predicted octanol–water partition coefficient (Wildman–Crippen LogP) is 3.05. The van der Waals surface area contributed by atoms with Crippen LogP contribution in [0.3, 0.4) is 0 Å². The molecular formula is C18H27N3. The van der Waals surface area contributed by atoms with E-state index in [9.17, 15) is 0 Å². The molecule has 1 aliphatic heterocycles. The van der Waals surface area contributed by atoms with Crippen LogP contribution in [0.25, 0.3) is 0 Å². The standard InChI is InChI=1S/C18H27N3/c19-17(20)13-18(8-9-18)14-21-10-6-16(7-11-21)12-15-4-2-1-3-5-15/h1-5,16H,6-14H2,(H3,19,20). The van der Waals surface area contributed by atoms with E-state index >= 15 is 0 Å². The monoisotopic (exact) mass is 285 g/mol. The molecule has 1 saturated carbocycles. The fourth-order valence-corrected chi connectivity index (χ4v) is 3.74. The van der Waals surface area contributed by atoms with Crippen molar-refractivity contribution in [2.75, 3.05) is 19.6 Å². The smallest absolute Gasteiger partial charge is 0.0911 e. The average Bonchev–Trinajstić information content (AvgIpc) is 3.21. The van der Waals surface area contributed by atoms with Gasteiger partial charge in [-0.3, -0.25) is 5.41 Å². The molecule has 0 spiro atoms. The van der Waals surface area contributed by atoms with Crippen LogP contribution in [-0.4, -0.2) is 30.4 Å². The van der Waals surface area contributed by atoms with E-state index in [1.54, 1.807) is 0 Å². The van der Waals surface area contributed by atoms with Gasteiger partial charge < -0.3 is 10.6 Å². The lowest BCUT2D eigenvalue weighted by Crippen LogP contribution is -2.39. The molecule has 0 atom stereocenters. The molecule has 0 bridgehead atoms. The maximum absolute atomic E-state index is 7.52. The molecule has 0 aromatic heterocycles. The molecule has 2 fully saturated rings. The van der Waals surface area contributed by atoms with Gasteiger partial charge >= 0.3 is 0 Å². The Morgan fingerprint density at radius 1 is 1.19 bits per heavy atom. The Morgan fingerprint density at radius 2 is 1.86 bits per heavy atom. The van der Waals surface area contributed by atoms with E-state index in [1.165, 1.54) is 50.8 Å². The molecule has 0 amide bonds. The first-order chi connectivity index (χ1) is 10.2. The first-order valence-corrected chi connectivity index (χ1v) is 8.24. The van der Waals surface area contributed by atoms with Crippen LogP contribution in [0, 0.1) is 16.7 Å². The van der Waals surface area contributed by atoms with Gasteiger partial charge in [0.25, 0.3) is 0 Å². The summed E-state index contributed by atoms with van der Waals surface area (Å²) >= 11 is 0. The van der Waals surface area contributed by atoms with Gasteiger partial charge in [0.05, 0.1) is 5.84 Å². The van der Waals surface area contributed by atoms with Crippen molar-refractivity contribution in [3.05, 3.63) is 35.9 Å². The van der Waals surface area contributed by atoms with Crippen LogP contribution in [-0.2, 0) is 6.42 Å². The molecule has 1 saturated heterocycles. The van der Waals surface area contributed by atoms with Gasteiger partial charge in [-0.2, -0.15) is 0 Å². The zero-order valence-corrected chi connectivity index (χ0v) is 12.9. The third-order valence-corrected chi connectivity index (χ3v) is 5.16. The molecule has 1 aromatic rings. The number of benzene rings is 1. The fourth-order valence-electron chi connectivity index (χ4n) is 3.74. The van der Waals surface area contributed by atoms with Gasteiger partial charge in [-0.05, 0) is 62.1 Å². The van der Waals surface area contributed by atoms with E-state index < -0.39 is 0 Å². The highest BCUT2D eigenvalue weighted by atomic mass is 15.1. The zero-order valence-electron chi connectivity index (χ0n) is 12.9. The molecule has 0 unspecified atom stereocenters. The van der Waals surface area contributed by atoms with Crippen molar-refractivity contribution >= 4 is 5.84 Å². The summed E-state index contributed by atoms with van der Waals surface area (Å²) in [6.45, 7) is 3.60. The maximum atomic E-state index is 7.52. The highest BCUT2D eigenvalue weighted by Gasteiger charge is 2.44. The number of likely N-dealkylation sites (tertiary alicyclic amines) is 1. The van der Waals surface area contributed by atoms with Crippen molar-refractivity contribution < 1.29 is 0 Å². The maximum Gasteiger partial charge on any atom is 0.0911 e. The van der Waals surface area contributed by atoms with Crippen molar-refractivity contribution in [2.24, 2.45) is 17.1 Å². The summed E-state index contributed by atoms with van der Waals surface area (Å²) in [6, 6.07) is 10.9. The number of hydrogen-bond donors (Lipinski definition) is 2. The van der Waals surface area contributed by atoms with Gasteiger partial charge in [0.2, 0.25) is 0 Å². The lowest BCUT2D eigenvalue weighted by molar-refractivity contribution is 0.154. The molecule has 2 aliphatic rings. The summed E-state index contributed by atoms with van der Waals surface area (Å²) in [5, 5.41) is 7.52. The van der Waals surface area contributed by atoms with Crippen LogP contribution in [0.1, 0.15) is 37.7 Å². The van der Waals surface area contributed by atoms with Crippen LogP contribution in [0.2, 0.25) is 0 Å². The third-order valence-electron chi connectivity index (χ3n) is 5.16. The lowest BCUT2D eigenvalue weighted by atomic mass is 9.89. The highest BCUT2D eigenvalue weighted by molar-refractivity contribution is 5.78. The van der Waals surface area contributed by atoms with Gasteiger partial charge in [-0.15, -0.1) is 0 Å². The van der Waals surface area contributed by atoms with E-state index in [2.05, 4.69) is 35.2 Å². The van der Waals surface area contributed by atoms with Crippen molar-refractivity contribution in [3.8, 4) is 0 Å². The van der Waals surface area contributed by atoms with Crippen molar-refractivity contribution in [3.63, 3.8) is 0 Å². The Labute approximate surface area is 128 Å². The largest absolute Gasteiger partial charge is 0.388 e. The molecule has 1 heterocycles. The summed E-state index contributed by atoms with van der Waals surface area (Å²) in [4.78, 5) is 2.61. The van der Waals surface area contributed by atoms with Gasteiger partial charge in [-0.25, -0.2) is 0 Å². The third kappa shape index (κ3) is 4.07. The average molecular weight is 285 g/mol. The van der Waals surface area contributed by atoms with E-state index in [1.807, 2.05) is 0 Å². The van der Waals surface area contributed by atoms with Crippen LogP contribution >= 0.6 is 0 Å². The fraction of sp³-hybridized carbons (Fsp3) is 0.611. The van der Waals surface area contributed by atoms with Crippen LogP contribution < -0.4 is 5.73 Å². The lowest BCUT2D eigenvalue weighted by Gasteiger charge is -2.34. The van der Waals surface area contributed by atoms with Gasteiger partial charge in [0, 0.05) is 13.0 Å². The van der Waals surface area contributed by atoms with Crippen LogP contribution in [0.4, 0.5) is 0 Å². The number of nitrogens with zero attached hydrogens (tertiary/aromatic N) is 1. The normalized spacial score (nSPS) is 22.1. The second kappa shape index (κ2) is 6.18. The molecule has 1 aliphatic carbocycles. The van der Waals surface area contributed by atoms with Crippen molar-refractivity contribution in [1.82, 2.24) is 4.90 Å². The minimum absolute atomic E-state index is 0.359. The number of hydrogen-bond acceptors (Lipinski definition) is 2. The van der Waals surface area contributed by atoms with Gasteiger partial charge in [-0.1, -0.05) is 30.3 Å². The Bertz CT molecular complexity index is 470. The highest BCUT2D eigenvalue weighted by Crippen LogP contribution is 2.49. The predicted molar refractivity (Wildman–Crippen MR) is 87.5 cm³/mol. The SMILES string of the molecule is N=C(N)CC1(CN2CCC(Cc3ccccc3)CC2)CC1. The summed E-state index contributed by atoms with van der Waals surface area (Å²) in [5.74, 6) is 1.21. The minimum atomic E-state index is 0.359. The quantitative estimate of drug-likeness (QED) is 0.623. The van der Waals surface area contributed by atoms with Gasteiger partial charge in [0.15, 0.2) is 0 Å². The van der Waals surface area contributed by atoms with Crippen molar-refractivity contribution in [2.45, 2.75) is 38.5 Å².